The molecule has 0 amide bonds. The molecule has 0 saturated carbocycles. The van der Waals surface area contributed by atoms with Gasteiger partial charge in [0, 0.05) is 31.5 Å². The number of nitrogens with zero attached hydrogens (tertiary/aromatic N) is 2. The molecule has 1 aliphatic rings. The first-order valence-electron chi connectivity index (χ1n) is 7.08. The van der Waals surface area contributed by atoms with Gasteiger partial charge in [0.05, 0.1) is 6.07 Å². The molecule has 1 aromatic carbocycles. The van der Waals surface area contributed by atoms with Crippen molar-refractivity contribution < 1.29 is 0 Å². The van der Waals surface area contributed by atoms with Gasteiger partial charge >= 0.3 is 0 Å². The van der Waals surface area contributed by atoms with E-state index in [1.807, 2.05) is 0 Å². The summed E-state index contributed by atoms with van der Waals surface area (Å²) >= 11 is 0. The molecule has 1 heterocycles. The highest BCUT2D eigenvalue weighted by atomic mass is 15.2. The molecule has 0 unspecified atom stereocenters. The molecule has 2 nitrogen and oxygen atoms in total. The summed E-state index contributed by atoms with van der Waals surface area (Å²) < 4.78 is 0. The average Bonchev–Trinajstić information content (AvgIpc) is 2.69. The molecule has 1 aliphatic heterocycles. The van der Waals surface area contributed by atoms with Gasteiger partial charge in [-0.2, -0.15) is 5.26 Å². The van der Waals surface area contributed by atoms with Gasteiger partial charge < -0.3 is 0 Å². The normalized spacial score (nSPS) is 23.5. The van der Waals surface area contributed by atoms with Crippen LogP contribution in [-0.2, 0) is 6.54 Å². The maximum absolute atomic E-state index is 9.00. The van der Waals surface area contributed by atoms with Crippen LogP contribution in [0, 0.1) is 17.2 Å². The predicted molar refractivity (Wildman–Crippen MR) is 78.4 cm³/mol. The summed E-state index contributed by atoms with van der Waals surface area (Å²) in [6.07, 6.45) is 2.91. The summed E-state index contributed by atoms with van der Waals surface area (Å²) in [6, 6.07) is 13.4. The minimum absolute atomic E-state index is 0.355. The lowest BCUT2D eigenvalue weighted by Gasteiger charge is -2.26. The second-order valence-corrected chi connectivity index (χ2v) is 5.37. The van der Waals surface area contributed by atoms with E-state index >= 15 is 0 Å². The van der Waals surface area contributed by atoms with E-state index in [4.69, 9.17) is 5.26 Å². The summed E-state index contributed by atoms with van der Waals surface area (Å²) in [4.78, 5) is 2.49. The van der Waals surface area contributed by atoms with E-state index in [0.29, 0.717) is 18.4 Å². The largest absolute Gasteiger partial charge is 0.292 e. The second-order valence-electron chi connectivity index (χ2n) is 5.37. The molecule has 19 heavy (non-hydrogen) atoms. The smallest absolute Gasteiger partial charge is 0.0628 e. The Balaban J connectivity index is 2.11. The Kier molecular flexibility index (Phi) is 4.76. The van der Waals surface area contributed by atoms with Crippen molar-refractivity contribution in [2.45, 2.75) is 38.8 Å². The highest BCUT2D eigenvalue weighted by molar-refractivity contribution is 5.20. The van der Waals surface area contributed by atoms with E-state index in [1.54, 1.807) is 0 Å². The van der Waals surface area contributed by atoms with Crippen molar-refractivity contribution in [2.24, 2.45) is 5.92 Å². The van der Waals surface area contributed by atoms with Crippen LogP contribution < -0.4 is 0 Å². The molecule has 2 rings (SSSR count). The number of hydrogen-bond acceptors (Lipinski definition) is 2. The molecular formula is C17H22N2. The van der Waals surface area contributed by atoms with E-state index in [2.05, 4.69) is 54.8 Å². The van der Waals surface area contributed by atoms with Gasteiger partial charge in [0.15, 0.2) is 0 Å². The minimum atomic E-state index is 0.355. The third kappa shape index (κ3) is 3.24. The van der Waals surface area contributed by atoms with E-state index in [9.17, 15) is 0 Å². The summed E-state index contributed by atoms with van der Waals surface area (Å²) in [5.41, 5.74) is 2.57. The summed E-state index contributed by atoms with van der Waals surface area (Å²) in [5, 5.41) is 9.00. The Labute approximate surface area is 116 Å². The lowest BCUT2D eigenvalue weighted by atomic mass is 9.91. The van der Waals surface area contributed by atoms with Crippen LogP contribution in [0.25, 0.3) is 0 Å². The van der Waals surface area contributed by atoms with Crippen LogP contribution in [0.4, 0.5) is 0 Å². The standard InChI is InChI=1S/C17H22N2/c1-3-7-17-16(10-11-18)14(2)12-19(17)13-15-8-5-4-6-9-15/h4-6,8-9,16-17H,2-3,7,10,12-13H2,1H3/t16-,17+/m1/s1. The number of nitriles is 1. The third-order valence-electron chi connectivity index (χ3n) is 3.99. The fourth-order valence-electron chi connectivity index (χ4n) is 3.07. The number of benzene rings is 1. The molecule has 1 aromatic rings. The van der Waals surface area contributed by atoms with E-state index in [0.717, 1.165) is 25.9 Å². The van der Waals surface area contributed by atoms with Gasteiger partial charge in [0.1, 0.15) is 0 Å². The van der Waals surface area contributed by atoms with Crippen molar-refractivity contribution in [1.82, 2.24) is 4.90 Å². The Bertz CT molecular complexity index is 458. The van der Waals surface area contributed by atoms with Crippen molar-refractivity contribution in [3.63, 3.8) is 0 Å². The first-order valence-corrected chi connectivity index (χ1v) is 7.08. The molecule has 1 fully saturated rings. The number of hydrogen-bond donors (Lipinski definition) is 0. The van der Waals surface area contributed by atoms with Crippen LogP contribution in [0.1, 0.15) is 31.7 Å². The first-order chi connectivity index (χ1) is 9.26. The Morgan fingerprint density at radius 3 is 2.74 bits per heavy atom. The SMILES string of the molecule is C=C1CN(Cc2ccccc2)[C@@H](CCC)[C@@H]1CC#N. The topological polar surface area (TPSA) is 27.0 Å². The van der Waals surface area contributed by atoms with Crippen molar-refractivity contribution in [1.29, 1.82) is 5.26 Å². The quantitative estimate of drug-likeness (QED) is 0.748. The monoisotopic (exact) mass is 254 g/mol. The summed E-state index contributed by atoms with van der Waals surface area (Å²) in [7, 11) is 0. The zero-order chi connectivity index (χ0) is 13.7. The zero-order valence-corrected chi connectivity index (χ0v) is 11.7. The first kappa shape index (κ1) is 13.8. The molecule has 0 spiro atoms. The van der Waals surface area contributed by atoms with Gasteiger partial charge in [0.25, 0.3) is 0 Å². The van der Waals surface area contributed by atoms with Gasteiger partial charge in [-0.3, -0.25) is 4.90 Å². The van der Waals surface area contributed by atoms with E-state index in [1.165, 1.54) is 11.1 Å². The maximum Gasteiger partial charge on any atom is 0.0628 e. The van der Waals surface area contributed by atoms with Crippen LogP contribution in [0.2, 0.25) is 0 Å². The second kappa shape index (κ2) is 6.54. The zero-order valence-electron chi connectivity index (χ0n) is 11.7. The molecule has 100 valence electrons. The highest BCUT2D eigenvalue weighted by Crippen LogP contribution is 2.34. The molecule has 1 saturated heterocycles. The Morgan fingerprint density at radius 2 is 2.11 bits per heavy atom. The molecule has 2 atom stereocenters. The maximum atomic E-state index is 9.00. The number of rotatable bonds is 5. The molecule has 2 heteroatoms. The Morgan fingerprint density at radius 1 is 1.37 bits per heavy atom. The molecule has 0 bridgehead atoms. The van der Waals surface area contributed by atoms with Crippen molar-refractivity contribution in [3.05, 3.63) is 48.0 Å². The van der Waals surface area contributed by atoms with E-state index < -0.39 is 0 Å². The molecular weight excluding hydrogens is 232 g/mol. The van der Waals surface area contributed by atoms with Gasteiger partial charge in [-0.15, -0.1) is 0 Å². The predicted octanol–water partition coefficient (Wildman–Crippen LogP) is 3.76. The van der Waals surface area contributed by atoms with Crippen molar-refractivity contribution in [2.75, 3.05) is 6.54 Å². The Hall–Kier alpha value is -1.59. The highest BCUT2D eigenvalue weighted by Gasteiger charge is 2.35. The lowest BCUT2D eigenvalue weighted by molar-refractivity contribution is 0.206. The van der Waals surface area contributed by atoms with Crippen LogP contribution in [0.3, 0.4) is 0 Å². The van der Waals surface area contributed by atoms with E-state index in [-0.39, 0.29) is 0 Å². The molecule has 0 N–H and O–H groups in total. The fourth-order valence-corrected chi connectivity index (χ4v) is 3.07. The van der Waals surface area contributed by atoms with Gasteiger partial charge in [-0.05, 0) is 12.0 Å². The van der Waals surface area contributed by atoms with Crippen LogP contribution in [0.15, 0.2) is 42.5 Å². The minimum Gasteiger partial charge on any atom is -0.292 e. The molecule has 0 radical (unpaired) electrons. The fraction of sp³-hybridized carbons (Fsp3) is 0.471. The van der Waals surface area contributed by atoms with Crippen LogP contribution >= 0.6 is 0 Å². The average molecular weight is 254 g/mol. The lowest BCUT2D eigenvalue weighted by Crippen LogP contribution is -2.32. The number of likely N-dealkylation sites (tertiary alicyclic amines) is 1. The van der Waals surface area contributed by atoms with Crippen molar-refractivity contribution in [3.8, 4) is 6.07 Å². The molecule has 0 aromatic heterocycles. The van der Waals surface area contributed by atoms with Crippen molar-refractivity contribution >= 4 is 0 Å². The van der Waals surface area contributed by atoms with Crippen LogP contribution in [0.5, 0.6) is 0 Å². The van der Waals surface area contributed by atoms with Gasteiger partial charge in [-0.25, -0.2) is 0 Å². The van der Waals surface area contributed by atoms with Gasteiger partial charge in [0.2, 0.25) is 0 Å². The molecule has 0 aliphatic carbocycles. The summed E-state index contributed by atoms with van der Waals surface area (Å²) in [6.45, 7) is 8.30. The van der Waals surface area contributed by atoms with Crippen LogP contribution in [-0.4, -0.2) is 17.5 Å². The van der Waals surface area contributed by atoms with Gasteiger partial charge in [-0.1, -0.05) is 55.8 Å². The third-order valence-corrected chi connectivity index (χ3v) is 3.99. The summed E-state index contributed by atoms with van der Waals surface area (Å²) in [5.74, 6) is 0.355.